The summed E-state index contributed by atoms with van der Waals surface area (Å²) >= 11 is 5.86. The molecule has 4 nitrogen and oxygen atoms in total. The monoisotopic (exact) mass is 317 g/mol. The molecular formula is C17H16ClNO3. The van der Waals surface area contributed by atoms with Gasteiger partial charge in [-0.25, -0.2) is 0 Å². The Labute approximate surface area is 133 Å². The lowest BCUT2D eigenvalue weighted by molar-refractivity contribution is -0.138. The van der Waals surface area contributed by atoms with E-state index in [1.54, 1.807) is 0 Å². The molecule has 0 saturated heterocycles. The van der Waals surface area contributed by atoms with Crippen LogP contribution in [0.4, 0.5) is 0 Å². The molecule has 0 fully saturated rings. The van der Waals surface area contributed by atoms with Gasteiger partial charge in [-0.3, -0.25) is 9.59 Å². The molecule has 0 spiro atoms. The number of carboxylic acids is 1. The summed E-state index contributed by atoms with van der Waals surface area (Å²) < 4.78 is 0. The Morgan fingerprint density at radius 1 is 0.909 bits per heavy atom. The third kappa shape index (κ3) is 4.90. The van der Waals surface area contributed by atoms with Crippen LogP contribution in [0.5, 0.6) is 0 Å². The molecule has 0 bridgehead atoms. The number of hydrogen-bond donors (Lipinski definition) is 2. The minimum Gasteiger partial charge on any atom is -0.481 e. The standard InChI is InChI=1S/C17H16ClNO3/c18-15-7-5-14(6-8-15)13-3-1-12(2-4-13)11-19-16(20)9-10-17(21)22/h1-8H,9-11H2,(H,19,20)(H,21,22). The number of carboxylic acid groups (broad SMARTS) is 1. The number of nitrogens with one attached hydrogen (secondary N) is 1. The van der Waals surface area contributed by atoms with Crippen LogP contribution in [0.1, 0.15) is 18.4 Å². The van der Waals surface area contributed by atoms with Crippen LogP contribution >= 0.6 is 11.6 Å². The van der Waals surface area contributed by atoms with Crippen molar-refractivity contribution in [3.8, 4) is 11.1 Å². The van der Waals surface area contributed by atoms with Crippen LogP contribution in [0.3, 0.4) is 0 Å². The topological polar surface area (TPSA) is 66.4 Å². The third-order valence-corrected chi connectivity index (χ3v) is 3.44. The number of carbonyl (C=O) groups excluding carboxylic acids is 1. The summed E-state index contributed by atoms with van der Waals surface area (Å²) in [6, 6.07) is 15.4. The highest BCUT2D eigenvalue weighted by Gasteiger charge is 2.05. The van der Waals surface area contributed by atoms with E-state index in [4.69, 9.17) is 16.7 Å². The van der Waals surface area contributed by atoms with Gasteiger partial charge < -0.3 is 10.4 Å². The lowest BCUT2D eigenvalue weighted by atomic mass is 10.0. The van der Waals surface area contributed by atoms with Crippen molar-refractivity contribution in [2.75, 3.05) is 0 Å². The van der Waals surface area contributed by atoms with Gasteiger partial charge in [0, 0.05) is 18.0 Å². The molecule has 0 aliphatic rings. The van der Waals surface area contributed by atoms with E-state index in [-0.39, 0.29) is 18.7 Å². The maximum absolute atomic E-state index is 11.5. The van der Waals surface area contributed by atoms with E-state index < -0.39 is 5.97 Å². The van der Waals surface area contributed by atoms with E-state index in [1.807, 2.05) is 48.5 Å². The molecule has 0 atom stereocenters. The van der Waals surface area contributed by atoms with Crippen molar-refractivity contribution in [1.29, 1.82) is 0 Å². The van der Waals surface area contributed by atoms with Gasteiger partial charge in [0.2, 0.25) is 5.91 Å². The van der Waals surface area contributed by atoms with Crippen molar-refractivity contribution < 1.29 is 14.7 Å². The summed E-state index contributed by atoms with van der Waals surface area (Å²) in [5.41, 5.74) is 3.10. The first kappa shape index (κ1) is 16.0. The Balaban J connectivity index is 1.90. The Kier molecular flexibility index (Phi) is 5.55. The molecule has 2 aromatic rings. The van der Waals surface area contributed by atoms with Crippen LogP contribution in [-0.2, 0) is 16.1 Å². The molecule has 0 aromatic heterocycles. The lowest BCUT2D eigenvalue weighted by Crippen LogP contribution is -2.23. The molecule has 2 aromatic carbocycles. The van der Waals surface area contributed by atoms with Gasteiger partial charge in [-0.2, -0.15) is 0 Å². The second kappa shape index (κ2) is 7.61. The Morgan fingerprint density at radius 3 is 2.00 bits per heavy atom. The second-order valence-electron chi connectivity index (χ2n) is 4.87. The molecule has 22 heavy (non-hydrogen) atoms. The number of rotatable bonds is 6. The predicted octanol–water partition coefficient (Wildman–Crippen LogP) is 3.49. The largest absolute Gasteiger partial charge is 0.481 e. The highest BCUT2D eigenvalue weighted by Crippen LogP contribution is 2.21. The van der Waals surface area contributed by atoms with E-state index in [9.17, 15) is 9.59 Å². The minimum absolute atomic E-state index is 0.00179. The maximum Gasteiger partial charge on any atom is 0.303 e. The molecule has 0 saturated carbocycles. The highest BCUT2D eigenvalue weighted by molar-refractivity contribution is 6.30. The van der Waals surface area contributed by atoms with E-state index in [1.165, 1.54) is 0 Å². The fourth-order valence-electron chi connectivity index (χ4n) is 1.97. The molecule has 5 heteroatoms. The summed E-state index contributed by atoms with van der Waals surface area (Å²) in [7, 11) is 0. The quantitative estimate of drug-likeness (QED) is 0.857. The summed E-state index contributed by atoms with van der Waals surface area (Å²) in [4.78, 5) is 21.8. The SMILES string of the molecule is O=C(O)CCC(=O)NCc1ccc(-c2ccc(Cl)cc2)cc1. The molecular weight excluding hydrogens is 302 g/mol. The van der Waals surface area contributed by atoms with Crippen molar-refractivity contribution in [3.63, 3.8) is 0 Å². The number of hydrogen-bond acceptors (Lipinski definition) is 2. The van der Waals surface area contributed by atoms with Crippen molar-refractivity contribution in [1.82, 2.24) is 5.32 Å². The van der Waals surface area contributed by atoms with Gasteiger partial charge >= 0.3 is 5.97 Å². The lowest BCUT2D eigenvalue weighted by Gasteiger charge is -2.06. The van der Waals surface area contributed by atoms with Gasteiger partial charge in [-0.05, 0) is 28.8 Å². The van der Waals surface area contributed by atoms with Crippen LogP contribution in [0.25, 0.3) is 11.1 Å². The average molecular weight is 318 g/mol. The van der Waals surface area contributed by atoms with Gasteiger partial charge in [0.05, 0.1) is 6.42 Å². The van der Waals surface area contributed by atoms with Crippen molar-refractivity contribution in [2.24, 2.45) is 0 Å². The first-order valence-corrected chi connectivity index (χ1v) is 7.26. The van der Waals surface area contributed by atoms with Gasteiger partial charge in [0.15, 0.2) is 0 Å². The average Bonchev–Trinajstić information content (AvgIpc) is 2.52. The van der Waals surface area contributed by atoms with Crippen LogP contribution in [0, 0.1) is 0 Å². The Morgan fingerprint density at radius 2 is 1.45 bits per heavy atom. The second-order valence-corrected chi connectivity index (χ2v) is 5.31. The molecule has 114 valence electrons. The zero-order chi connectivity index (χ0) is 15.9. The predicted molar refractivity (Wildman–Crippen MR) is 85.6 cm³/mol. The van der Waals surface area contributed by atoms with Crippen LogP contribution in [0.15, 0.2) is 48.5 Å². The van der Waals surface area contributed by atoms with E-state index in [2.05, 4.69) is 5.32 Å². The number of aliphatic carboxylic acids is 1. The number of benzene rings is 2. The van der Waals surface area contributed by atoms with Crippen LogP contribution in [0.2, 0.25) is 5.02 Å². The molecule has 0 unspecified atom stereocenters. The van der Waals surface area contributed by atoms with E-state index in [0.29, 0.717) is 11.6 Å². The summed E-state index contributed by atoms with van der Waals surface area (Å²) in [6.07, 6.45) is -0.153. The fourth-order valence-corrected chi connectivity index (χ4v) is 2.09. The molecule has 0 aliphatic carbocycles. The third-order valence-electron chi connectivity index (χ3n) is 3.19. The van der Waals surface area contributed by atoms with Crippen LogP contribution in [-0.4, -0.2) is 17.0 Å². The molecule has 1 amide bonds. The first-order valence-electron chi connectivity index (χ1n) is 6.88. The molecule has 2 N–H and O–H groups in total. The number of halogens is 1. The summed E-state index contributed by atoms with van der Waals surface area (Å²) in [5.74, 6) is -1.23. The normalized spacial score (nSPS) is 10.2. The Hall–Kier alpha value is -2.33. The van der Waals surface area contributed by atoms with Gasteiger partial charge in [0.25, 0.3) is 0 Å². The van der Waals surface area contributed by atoms with Gasteiger partial charge in [-0.1, -0.05) is 48.0 Å². The van der Waals surface area contributed by atoms with Gasteiger partial charge in [-0.15, -0.1) is 0 Å². The number of carbonyl (C=O) groups is 2. The summed E-state index contributed by atoms with van der Waals surface area (Å²) in [5, 5.41) is 11.9. The molecule has 0 radical (unpaired) electrons. The van der Waals surface area contributed by atoms with Crippen molar-refractivity contribution in [3.05, 3.63) is 59.1 Å². The van der Waals surface area contributed by atoms with Gasteiger partial charge in [0.1, 0.15) is 0 Å². The smallest absolute Gasteiger partial charge is 0.303 e. The van der Waals surface area contributed by atoms with Crippen molar-refractivity contribution >= 4 is 23.5 Å². The molecule has 0 heterocycles. The van der Waals surface area contributed by atoms with Crippen LogP contribution < -0.4 is 5.32 Å². The van der Waals surface area contributed by atoms with Crippen molar-refractivity contribution in [2.45, 2.75) is 19.4 Å². The van der Waals surface area contributed by atoms with E-state index >= 15 is 0 Å². The highest BCUT2D eigenvalue weighted by atomic mass is 35.5. The molecule has 2 rings (SSSR count). The fraction of sp³-hybridized carbons (Fsp3) is 0.176. The zero-order valence-corrected chi connectivity index (χ0v) is 12.6. The zero-order valence-electron chi connectivity index (χ0n) is 11.9. The number of amides is 1. The Bertz CT molecular complexity index is 651. The summed E-state index contributed by atoms with van der Waals surface area (Å²) in [6.45, 7) is 0.388. The first-order chi connectivity index (χ1) is 10.5. The molecule has 0 aliphatic heterocycles. The maximum atomic E-state index is 11.5. The van der Waals surface area contributed by atoms with E-state index in [0.717, 1.165) is 16.7 Å². The minimum atomic E-state index is -0.970.